The van der Waals surface area contributed by atoms with Gasteiger partial charge in [0.15, 0.2) is 5.69 Å². The Morgan fingerprint density at radius 3 is 2.84 bits per heavy atom. The highest BCUT2D eigenvalue weighted by Crippen LogP contribution is 2.21. The highest BCUT2D eigenvalue weighted by Gasteiger charge is 2.31. The van der Waals surface area contributed by atoms with Crippen molar-refractivity contribution in [1.29, 1.82) is 0 Å². The molecule has 1 atom stereocenters. The van der Waals surface area contributed by atoms with Gasteiger partial charge < -0.3 is 4.90 Å². The van der Waals surface area contributed by atoms with E-state index in [0.29, 0.717) is 12.2 Å². The van der Waals surface area contributed by atoms with Crippen LogP contribution in [0.1, 0.15) is 28.9 Å². The van der Waals surface area contributed by atoms with Gasteiger partial charge in [0.05, 0.1) is 30.7 Å². The van der Waals surface area contributed by atoms with Crippen molar-refractivity contribution in [3.8, 4) is 5.69 Å². The van der Waals surface area contributed by atoms with Crippen LogP contribution in [-0.4, -0.2) is 48.2 Å². The molecule has 1 unspecified atom stereocenters. The number of amides is 1. The van der Waals surface area contributed by atoms with E-state index in [-0.39, 0.29) is 11.9 Å². The summed E-state index contributed by atoms with van der Waals surface area (Å²) >= 11 is 0. The molecule has 0 aliphatic carbocycles. The Morgan fingerprint density at radius 2 is 2.08 bits per heavy atom. The highest BCUT2D eigenvalue weighted by atomic mass is 16.2. The SMILES string of the molecule is Cc1cnn(CC2CCCN2C(=O)c2cn(-c3ccccc3)nn2)c1. The van der Waals surface area contributed by atoms with E-state index in [1.807, 2.05) is 59.2 Å². The molecule has 1 amide bonds. The van der Waals surface area contributed by atoms with Crippen LogP contribution in [0, 0.1) is 6.92 Å². The number of hydrogen-bond donors (Lipinski definition) is 0. The molecule has 128 valence electrons. The second-order valence-corrected chi connectivity index (χ2v) is 6.42. The van der Waals surface area contributed by atoms with Crippen LogP contribution in [0.4, 0.5) is 0 Å². The molecule has 1 aromatic carbocycles. The fourth-order valence-corrected chi connectivity index (χ4v) is 3.29. The van der Waals surface area contributed by atoms with E-state index < -0.39 is 0 Å². The molecule has 0 bridgehead atoms. The normalized spacial score (nSPS) is 17.2. The summed E-state index contributed by atoms with van der Waals surface area (Å²) in [5.41, 5.74) is 2.40. The lowest BCUT2D eigenvalue weighted by Gasteiger charge is -2.23. The van der Waals surface area contributed by atoms with Crippen molar-refractivity contribution >= 4 is 5.91 Å². The number of aromatic nitrogens is 5. The Labute approximate surface area is 145 Å². The Balaban J connectivity index is 1.51. The van der Waals surface area contributed by atoms with Crippen LogP contribution in [0.25, 0.3) is 5.69 Å². The average molecular weight is 336 g/mol. The zero-order chi connectivity index (χ0) is 17.2. The van der Waals surface area contributed by atoms with Gasteiger partial charge in [-0.15, -0.1) is 5.10 Å². The number of likely N-dealkylation sites (tertiary alicyclic amines) is 1. The topological polar surface area (TPSA) is 68.8 Å². The van der Waals surface area contributed by atoms with Crippen LogP contribution in [0.3, 0.4) is 0 Å². The predicted molar refractivity (Wildman–Crippen MR) is 92.4 cm³/mol. The predicted octanol–water partition coefficient (Wildman–Crippen LogP) is 2.08. The molecule has 3 heterocycles. The van der Waals surface area contributed by atoms with Gasteiger partial charge in [-0.1, -0.05) is 23.4 Å². The zero-order valence-electron chi connectivity index (χ0n) is 14.1. The lowest BCUT2D eigenvalue weighted by molar-refractivity contribution is 0.0715. The van der Waals surface area contributed by atoms with E-state index in [2.05, 4.69) is 15.4 Å². The van der Waals surface area contributed by atoms with Crippen molar-refractivity contribution in [3.05, 3.63) is 60.2 Å². The minimum Gasteiger partial charge on any atom is -0.332 e. The third-order valence-electron chi connectivity index (χ3n) is 4.53. The number of hydrogen-bond acceptors (Lipinski definition) is 4. The standard InChI is InChI=1S/C18H20N6O/c1-14-10-19-22(11-14)12-16-8-5-9-23(16)18(25)17-13-24(21-20-17)15-6-3-2-4-7-15/h2-4,6-7,10-11,13,16H,5,8-9,12H2,1H3. The summed E-state index contributed by atoms with van der Waals surface area (Å²) in [4.78, 5) is 14.8. The number of nitrogens with zero attached hydrogens (tertiary/aromatic N) is 6. The number of para-hydroxylation sites is 1. The van der Waals surface area contributed by atoms with Crippen molar-refractivity contribution in [1.82, 2.24) is 29.7 Å². The Morgan fingerprint density at radius 1 is 1.24 bits per heavy atom. The third-order valence-corrected chi connectivity index (χ3v) is 4.53. The molecule has 4 rings (SSSR count). The van der Waals surface area contributed by atoms with Gasteiger partial charge in [0.1, 0.15) is 0 Å². The van der Waals surface area contributed by atoms with E-state index in [1.165, 1.54) is 0 Å². The third kappa shape index (κ3) is 3.17. The molecular weight excluding hydrogens is 316 g/mol. The molecule has 25 heavy (non-hydrogen) atoms. The summed E-state index contributed by atoms with van der Waals surface area (Å²) in [6, 6.07) is 9.82. The minimum absolute atomic E-state index is 0.0615. The number of aryl methyl sites for hydroxylation is 1. The van der Waals surface area contributed by atoms with Crippen molar-refractivity contribution < 1.29 is 4.79 Å². The molecule has 1 saturated heterocycles. The number of carbonyl (C=O) groups excluding carboxylic acids is 1. The summed E-state index contributed by atoms with van der Waals surface area (Å²) in [5, 5.41) is 12.5. The summed E-state index contributed by atoms with van der Waals surface area (Å²) in [7, 11) is 0. The second-order valence-electron chi connectivity index (χ2n) is 6.42. The molecule has 0 spiro atoms. The first kappa shape index (κ1) is 15.6. The van der Waals surface area contributed by atoms with E-state index in [9.17, 15) is 4.79 Å². The molecule has 7 nitrogen and oxygen atoms in total. The first-order valence-corrected chi connectivity index (χ1v) is 8.48. The van der Waals surface area contributed by atoms with Gasteiger partial charge >= 0.3 is 0 Å². The van der Waals surface area contributed by atoms with E-state index >= 15 is 0 Å². The largest absolute Gasteiger partial charge is 0.332 e. The summed E-state index contributed by atoms with van der Waals surface area (Å²) in [5.74, 6) is -0.0615. The van der Waals surface area contributed by atoms with Crippen LogP contribution in [0.5, 0.6) is 0 Å². The van der Waals surface area contributed by atoms with Gasteiger partial charge in [-0.2, -0.15) is 5.10 Å². The second kappa shape index (κ2) is 6.51. The molecule has 1 fully saturated rings. The Kier molecular flexibility index (Phi) is 4.05. The quantitative estimate of drug-likeness (QED) is 0.731. The van der Waals surface area contributed by atoms with Crippen molar-refractivity contribution in [2.45, 2.75) is 32.4 Å². The Hall–Kier alpha value is -2.96. The van der Waals surface area contributed by atoms with Crippen LogP contribution in [0.2, 0.25) is 0 Å². The number of rotatable bonds is 4. The average Bonchev–Trinajstić information content (AvgIpc) is 3.37. The zero-order valence-corrected chi connectivity index (χ0v) is 14.1. The fraction of sp³-hybridized carbons (Fsp3) is 0.333. The van der Waals surface area contributed by atoms with Crippen LogP contribution in [0.15, 0.2) is 48.9 Å². The lowest BCUT2D eigenvalue weighted by Crippen LogP contribution is -2.38. The maximum Gasteiger partial charge on any atom is 0.276 e. The minimum atomic E-state index is -0.0615. The van der Waals surface area contributed by atoms with E-state index in [0.717, 1.165) is 30.6 Å². The van der Waals surface area contributed by atoms with E-state index in [1.54, 1.807) is 10.9 Å². The maximum absolute atomic E-state index is 12.9. The summed E-state index contributed by atoms with van der Waals surface area (Å²) in [6.07, 6.45) is 7.53. The van der Waals surface area contributed by atoms with Crippen molar-refractivity contribution in [2.24, 2.45) is 0 Å². The molecule has 0 saturated carbocycles. The van der Waals surface area contributed by atoms with Gasteiger partial charge in [0.25, 0.3) is 5.91 Å². The number of carbonyl (C=O) groups is 1. The van der Waals surface area contributed by atoms with Gasteiger partial charge in [-0.25, -0.2) is 4.68 Å². The number of benzene rings is 1. The molecule has 0 radical (unpaired) electrons. The van der Waals surface area contributed by atoms with Gasteiger partial charge in [0, 0.05) is 12.7 Å². The smallest absolute Gasteiger partial charge is 0.276 e. The Bertz CT molecular complexity index is 869. The van der Waals surface area contributed by atoms with Gasteiger partial charge in [-0.05, 0) is 37.5 Å². The molecule has 2 aromatic heterocycles. The molecular formula is C18H20N6O. The summed E-state index contributed by atoms with van der Waals surface area (Å²) in [6.45, 7) is 3.48. The monoisotopic (exact) mass is 336 g/mol. The molecule has 1 aliphatic heterocycles. The maximum atomic E-state index is 12.9. The van der Waals surface area contributed by atoms with Gasteiger partial charge in [-0.3, -0.25) is 9.48 Å². The highest BCUT2D eigenvalue weighted by molar-refractivity contribution is 5.92. The molecule has 0 N–H and O–H groups in total. The first-order valence-electron chi connectivity index (χ1n) is 8.48. The molecule has 7 heteroatoms. The van der Waals surface area contributed by atoms with Crippen LogP contribution in [-0.2, 0) is 6.54 Å². The first-order chi connectivity index (χ1) is 12.2. The lowest BCUT2D eigenvalue weighted by atomic mass is 10.2. The molecule has 3 aromatic rings. The van der Waals surface area contributed by atoms with Crippen molar-refractivity contribution in [3.63, 3.8) is 0 Å². The van der Waals surface area contributed by atoms with Crippen LogP contribution < -0.4 is 0 Å². The fourth-order valence-electron chi connectivity index (χ4n) is 3.29. The van der Waals surface area contributed by atoms with Crippen LogP contribution >= 0.6 is 0 Å². The van der Waals surface area contributed by atoms with Gasteiger partial charge in [0.2, 0.25) is 0 Å². The van der Waals surface area contributed by atoms with E-state index in [4.69, 9.17) is 0 Å². The van der Waals surface area contributed by atoms with Crippen molar-refractivity contribution in [2.75, 3.05) is 6.54 Å². The summed E-state index contributed by atoms with van der Waals surface area (Å²) < 4.78 is 3.54. The molecule has 1 aliphatic rings.